The third-order valence-corrected chi connectivity index (χ3v) is 12.4. The Labute approximate surface area is 370 Å². The molecule has 0 spiro atoms. The Balaban J connectivity index is 0.876. The molecule has 0 bridgehead atoms. The molecular weight excluding hydrogens is 815 g/mol. The van der Waals surface area contributed by atoms with Gasteiger partial charge < -0.3 is 39.7 Å². The number of benzene rings is 5. The molecule has 1 fully saturated rings. The number of carboxylic acid groups (broad SMARTS) is 1. The van der Waals surface area contributed by atoms with E-state index in [4.69, 9.17) is 19.6 Å². The van der Waals surface area contributed by atoms with Gasteiger partial charge >= 0.3 is 5.97 Å². The van der Waals surface area contributed by atoms with E-state index in [-0.39, 0.29) is 24.5 Å². The van der Waals surface area contributed by atoms with Crippen molar-refractivity contribution < 1.29 is 29.0 Å². The topological polar surface area (TPSA) is 163 Å². The minimum absolute atomic E-state index is 0.0978. The van der Waals surface area contributed by atoms with Crippen LogP contribution in [-0.2, 0) is 16.0 Å². The number of carboxylic acids is 1. The van der Waals surface area contributed by atoms with Crippen LogP contribution in [0, 0.1) is 0 Å². The third-order valence-electron chi connectivity index (χ3n) is 11.5. The van der Waals surface area contributed by atoms with Gasteiger partial charge in [0.1, 0.15) is 17.3 Å². The van der Waals surface area contributed by atoms with E-state index < -0.39 is 12.6 Å². The number of aromatic nitrogens is 3. The molecule has 63 heavy (non-hydrogen) atoms. The summed E-state index contributed by atoms with van der Waals surface area (Å²) >= 11 is 1.56. The lowest BCUT2D eigenvalue weighted by Crippen LogP contribution is -2.34. The molecule has 2 aromatic heterocycles. The van der Waals surface area contributed by atoms with Crippen LogP contribution >= 0.6 is 11.9 Å². The second-order valence-electron chi connectivity index (χ2n) is 16.3. The number of H-pyrrole nitrogens is 1. The number of carbonyl (C=O) groups excluding carboxylic acids is 2. The van der Waals surface area contributed by atoms with Gasteiger partial charge in [0.2, 0.25) is 0 Å². The Bertz CT molecular complexity index is 2740. The Morgan fingerprint density at radius 1 is 0.873 bits per heavy atom. The SMILES string of the molecule is C[C@H](Cc1c[nH]c2ccc(OCC(=O)O)cc12)NC(=O)c1ccc2c(c1)nc(-c1ccc(OCC(=O)NCCNSc3cccc4c(N(C)C)cccc34)cc1)n2C1CCCCC1. The maximum absolute atomic E-state index is 13.6. The largest absolute Gasteiger partial charge is 0.484 e. The van der Waals surface area contributed by atoms with Crippen LogP contribution in [0.3, 0.4) is 0 Å². The predicted octanol–water partition coefficient (Wildman–Crippen LogP) is 8.53. The van der Waals surface area contributed by atoms with Crippen LogP contribution in [0.5, 0.6) is 11.5 Å². The first-order valence-corrected chi connectivity index (χ1v) is 22.3. The highest BCUT2D eigenvalue weighted by molar-refractivity contribution is 7.97. The molecule has 5 aromatic carbocycles. The van der Waals surface area contributed by atoms with Gasteiger partial charge in [-0.05, 0) is 122 Å². The second-order valence-corrected chi connectivity index (χ2v) is 17.2. The van der Waals surface area contributed by atoms with Gasteiger partial charge in [0.15, 0.2) is 13.2 Å². The van der Waals surface area contributed by atoms with E-state index in [1.807, 2.05) is 81.8 Å². The summed E-state index contributed by atoms with van der Waals surface area (Å²) in [5, 5.41) is 18.4. The fourth-order valence-corrected chi connectivity index (χ4v) is 9.22. The summed E-state index contributed by atoms with van der Waals surface area (Å²) < 4.78 is 17.0. The smallest absolute Gasteiger partial charge is 0.341 e. The summed E-state index contributed by atoms with van der Waals surface area (Å²) in [6.45, 7) is 2.49. The normalized spacial score (nSPS) is 13.6. The molecular formula is C49H53N7O6S. The summed E-state index contributed by atoms with van der Waals surface area (Å²) in [6, 6.07) is 31.6. The van der Waals surface area contributed by atoms with Crippen molar-refractivity contribution in [3.8, 4) is 22.9 Å². The van der Waals surface area contributed by atoms with Crippen molar-refractivity contribution in [1.82, 2.24) is 29.9 Å². The molecule has 326 valence electrons. The third kappa shape index (κ3) is 10.2. The number of aliphatic carboxylic acids is 1. The number of amides is 2. The fourth-order valence-electron chi connectivity index (χ4n) is 8.43. The summed E-state index contributed by atoms with van der Waals surface area (Å²) in [7, 11) is 4.09. The summed E-state index contributed by atoms with van der Waals surface area (Å²) in [6.07, 6.45) is 8.11. The molecule has 5 N–H and O–H groups in total. The highest BCUT2D eigenvalue weighted by Crippen LogP contribution is 2.37. The molecule has 8 rings (SSSR count). The number of ether oxygens (including phenoxy) is 2. The van der Waals surface area contributed by atoms with E-state index in [0.29, 0.717) is 42.6 Å². The average Bonchev–Trinajstić information content (AvgIpc) is 3.88. The highest BCUT2D eigenvalue weighted by Gasteiger charge is 2.24. The van der Waals surface area contributed by atoms with Crippen molar-refractivity contribution in [3.05, 3.63) is 114 Å². The van der Waals surface area contributed by atoms with E-state index in [1.165, 1.54) is 22.9 Å². The number of imidazole rings is 1. The van der Waals surface area contributed by atoms with E-state index in [9.17, 15) is 14.4 Å². The van der Waals surface area contributed by atoms with Crippen molar-refractivity contribution in [2.45, 2.75) is 62.4 Å². The van der Waals surface area contributed by atoms with E-state index in [1.54, 1.807) is 18.0 Å². The summed E-state index contributed by atoms with van der Waals surface area (Å²) in [5.74, 6) is 0.468. The Hall–Kier alpha value is -6.51. The first-order valence-electron chi connectivity index (χ1n) is 21.5. The predicted molar refractivity (Wildman–Crippen MR) is 250 cm³/mol. The first-order chi connectivity index (χ1) is 30.6. The van der Waals surface area contributed by atoms with Gasteiger partial charge in [-0.25, -0.2) is 9.78 Å². The van der Waals surface area contributed by atoms with E-state index in [0.717, 1.165) is 69.5 Å². The molecule has 0 unspecified atom stereocenters. The summed E-state index contributed by atoms with van der Waals surface area (Å²) in [4.78, 5) is 48.9. The zero-order valence-corrected chi connectivity index (χ0v) is 36.6. The number of hydrogen-bond acceptors (Lipinski definition) is 9. The molecule has 1 atom stereocenters. The maximum atomic E-state index is 13.6. The molecule has 1 saturated carbocycles. The van der Waals surface area contributed by atoms with Crippen molar-refractivity contribution in [2.24, 2.45) is 0 Å². The lowest BCUT2D eigenvalue weighted by atomic mass is 9.94. The van der Waals surface area contributed by atoms with Crippen LogP contribution in [0.1, 0.15) is 61.0 Å². The van der Waals surface area contributed by atoms with E-state index >= 15 is 0 Å². The monoisotopic (exact) mass is 867 g/mol. The van der Waals surface area contributed by atoms with Gasteiger partial charge in [-0.2, -0.15) is 0 Å². The zero-order chi connectivity index (χ0) is 43.9. The molecule has 0 aliphatic heterocycles. The number of carbonyl (C=O) groups is 3. The molecule has 1 aliphatic rings. The molecule has 0 radical (unpaired) electrons. The van der Waals surface area contributed by atoms with Gasteiger partial charge in [-0.15, -0.1) is 0 Å². The second kappa shape index (κ2) is 19.7. The van der Waals surface area contributed by atoms with Crippen molar-refractivity contribution in [2.75, 3.05) is 45.3 Å². The number of hydrogen-bond donors (Lipinski definition) is 5. The Morgan fingerprint density at radius 3 is 2.43 bits per heavy atom. The minimum Gasteiger partial charge on any atom is -0.484 e. The van der Waals surface area contributed by atoms with Crippen molar-refractivity contribution in [1.29, 1.82) is 0 Å². The number of anilines is 1. The summed E-state index contributed by atoms with van der Waals surface area (Å²) in [5.41, 5.74) is 6.25. The zero-order valence-electron chi connectivity index (χ0n) is 35.8. The quantitative estimate of drug-likeness (QED) is 0.0418. The first kappa shape index (κ1) is 43.2. The number of rotatable bonds is 18. The van der Waals surface area contributed by atoms with Crippen LogP contribution < -0.4 is 29.7 Å². The lowest BCUT2D eigenvalue weighted by Gasteiger charge is -2.25. The van der Waals surface area contributed by atoms with Gasteiger partial charge in [0, 0.05) is 83.5 Å². The van der Waals surface area contributed by atoms with Crippen LogP contribution in [0.15, 0.2) is 108 Å². The lowest BCUT2D eigenvalue weighted by molar-refractivity contribution is -0.139. The Kier molecular flexibility index (Phi) is 13.5. The number of aromatic amines is 1. The number of nitrogens with zero attached hydrogens (tertiary/aromatic N) is 3. The minimum atomic E-state index is -1.04. The molecule has 14 heteroatoms. The van der Waals surface area contributed by atoms with Gasteiger partial charge in [0.05, 0.1) is 11.0 Å². The standard InChI is InChI=1S/C49H53N7O6S/c1-31(25-34-28-51-41-21-20-37(27-40(34)41)62-30-47(58)59)53-49(60)33-17-22-44-42(26-33)54-48(56(44)35-9-5-4-6-10-35)32-15-18-36(19-16-32)61-29-46(57)50-23-24-52-63-45-14-8-11-38-39(45)12-7-13-43(38)55(2)3/h7-8,11-22,26-28,31,35,51-52H,4-6,9-10,23-25,29-30H2,1-3H3,(H,50,57)(H,53,60)(H,58,59)/t31-/m1/s1. The van der Waals surface area contributed by atoms with Gasteiger partial charge in [-0.3, -0.25) is 14.3 Å². The van der Waals surface area contributed by atoms with Crippen LogP contribution in [0.4, 0.5) is 5.69 Å². The van der Waals surface area contributed by atoms with Gasteiger partial charge in [0.25, 0.3) is 11.8 Å². The molecule has 13 nitrogen and oxygen atoms in total. The van der Waals surface area contributed by atoms with Gasteiger partial charge in [-0.1, -0.05) is 43.5 Å². The molecule has 0 saturated heterocycles. The maximum Gasteiger partial charge on any atom is 0.341 e. The molecule has 2 amide bonds. The fraction of sp³-hybridized carbons (Fsp3) is 0.306. The van der Waals surface area contributed by atoms with Crippen LogP contribution in [0.2, 0.25) is 0 Å². The average molecular weight is 868 g/mol. The number of nitrogens with one attached hydrogen (secondary N) is 4. The molecule has 7 aromatic rings. The molecule has 2 heterocycles. The Morgan fingerprint density at radius 2 is 1.63 bits per heavy atom. The van der Waals surface area contributed by atoms with Crippen LogP contribution in [0.25, 0.3) is 44.1 Å². The highest BCUT2D eigenvalue weighted by atomic mass is 32.2. The van der Waals surface area contributed by atoms with Crippen molar-refractivity contribution in [3.63, 3.8) is 0 Å². The van der Waals surface area contributed by atoms with Crippen molar-refractivity contribution >= 4 is 68.1 Å². The van der Waals surface area contributed by atoms with Crippen LogP contribution in [-0.4, -0.2) is 83.9 Å². The number of fused-ring (bicyclic) bond motifs is 3. The van der Waals surface area contributed by atoms with E-state index in [2.05, 4.69) is 66.2 Å². The molecule has 1 aliphatic carbocycles.